The molecule has 0 heterocycles. The van der Waals surface area contributed by atoms with Gasteiger partial charge in [-0.1, -0.05) is 66.7 Å². The monoisotopic (exact) mass is 408 g/mol. The van der Waals surface area contributed by atoms with Crippen LogP contribution in [0.4, 0.5) is 0 Å². The second-order valence-corrected chi connectivity index (χ2v) is 8.79. The molecule has 4 rings (SSSR count). The first-order chi connectivity index (χ1) is 13.2. The zero-order valence-corrected chi connectivity index (χ0v) is 19.0. The van der Waals surface area contributed by atoms with Gasteiger partial charge in [0.15, 0.2) is 0 Å². The van der Waals surface area contributed by atoms with Gasteiger partial charge in [0.05, 0.1) is 0 Å². The Labute approximate surface area is 170 Å². The summed E-state index contributed by atoms with van der Waals surface area (Å²) in [5.41, 5.74) is 9.67. The average Bonchev–Trinajstić information content (AvgIpc) is 3.11. The molecule has 3 aromatic carbocycles. The second kappa shape index (κ2) is 8.53. The first-order valence-electron chi connectivity index (χ1n) is 9.66. The maximum atomic E-state index is 2.94. The molecule has 0 saturated carbocycles. The smallest absolute Gasteiger partial charge is 0.00899 e. The summed E-state index contributed by atoms with van der Waals surface area (Å²) in [7, 11) is 8.67. The maximum Gasteiger partial charge on any atom is -0.00899 e. The van der Waals surface area contributed by atoms with Crippen molar-refractivity contribution in [2.24, 2.45) is 5.92 Å². The van der Waals surface area contributed by atoms with Crippen molar-refractivity contribution in [2.75, 3.05) is 12.3 Å². The molecular formula is C24H27P3. The van der Waals surface area contributed by atoms with E-state index in [-0.39, 0.29) is 0 Å². The molecule has 0 fully saturated rings. The van der Waals surface area contributed by atoms with Crippen LogP contribution in [0.1, 0.15) is 22.6 Å². The van der Waals surface area contributed by atoms with Gasteiger partial charge in [0.2, 0.25) is 0 Å². The third kappa shape index (κ3) is 3.91. The quantitative estimate of drug-likeness (QED) is 0.429. The van der Waals surface area contributed by atoms with Crippen molar-refractivity contribution in [1.29, 1.82) is 0 Å². The van der Waals surface area contributed by atoms with Gasteiger partial charge >= 0.3 is 0 Å². The molecule has 27 heavy (non-hydrogen) atoms. The van der Waals surface area contributed by atoms with Crippen molar-refractivity contribution in [1.82, 2.24) is 0 Å². The van der Waals surface area contributed by atoms with E-state index in [4.69, 9.17) is 0 Å². The van der Waals surface area contributed by atoms with E-state index >= 15 is 0 Å². The molecule has 0 radical (unpaired) electrons. The molecule has 1 aliphatic rings. The van der Waals surface area contributed by atoms with Gasteiger partial charge in [0, 0.05) is 0 Å². The van der Waals surface area contributed by atoms with Gasteiger partial charge in [-0.25, -0.2) is 0 Å². The van der Waals surface area contributed by atoms with Crippen molar-refractivity contribution >= 4 is 27.7 Å². The normalized spacial score (nSPS) is 18.5. The Balaban J connectivity index is 1.59. The summed E-state index contributed by atoms with van der Waals surface area (Å²) in [4.78, 5) is 0. The molecule has 0 aliphatic heterocycles. The van der Waals surface area contributed by atoms with Gasteiger partial charge in [-0.2, -0.15) is 0 Å². The zero-order valence-electron chi connectivity index (χ0n) is 15.6. The summed E-state index contributed by atoms with van der Waals surface area (Å²) < 4.78 is 0. The molecule has 0 amide bonds. The third-order valence-electron chi connectivity index (χ3n) is 5.89. The standard InChI is InChI=1S/C24H27P3/c25-13-16-1-3-17(4-2-16)18-5-7-19(8-6-18)20-9-10-23-21(11-20)12-22(14-26)24(23)15-27/h1-11,22,24H,12-15,25-27H2. The number of fused-ring (bicyclic) bond motifs is 1. The maximum absolute atomic E-state index is 2.94. The van der Waals surface area contributed by atoms with E-state index in [0.717, 1.165) is 18.2 Å². The van der Waals surface area contributed by atoms with Crippen molar-refractivity contribution in [3.8, 4) is 22.3 Å². The van der Waals surface area contributed by atoms with Gasteiger partial charge in [-0.05, 0) is 75.7 Å². The van der Waals surface area contributed by atoms with E-state index < -0.39 is 0 Å². The molecule has 0 bridgehead atoms. The molecule has 0 spiro atoms. The molecule has 3 heteroatoms. The van der Waals surface area contributed by atoms with Crippen LogP contribution in [0.2, 0.25) is 0 Å². The fourth-order valence-electron chi connectivity index (χ4n) is 4.26. The Kier molecular flexibility index (Phi) is 6.09. The summed E-state index contributed by atoms with van der Waals surface area (Å²) in [6.07, 6.45) is 4.57. The molecule has 138 valence electrons. The molecule has 1 aliphatic carbocycles. The summed E-state index contributed by atoms with van der Waals surface area (Å²) in [5, 5.41) is 0. The third-order valence-corrected chi connectivity index (χ3v) is 7.48. The van der Waals surface area contributed by atoms with E-state index in [2.05, 4.69) is 94.4 Å². The highest BCUT2D eigenvalue weighted by Crippen LogP contribution is 2.41. The second-order valence-electron chi connectivity index (χ2n) is 7.43. The molecule has 5 atom stereocenters. The first-order valence-corrected chi connectivity index (χ1v) is 12.1. The van der Waals surface area contributed by atoms with Crippen LogP contribution in [0.25, 0.3) is 22.3 Å². The predicted molar refractivity (Wildman–Crippen MR) is 130 cm³/mol. The van der Waals surface area contributed by atoms with Crippen molar-refractivity contribution in [3.63, 3.8) is 0 Å². The van der Waals surface area contributed by atoms with Crippen LogP contribution in [0, 0.1) is 5.92 Å². The number of rotatable bonds is 5. The van der Waals surface area contributed by atoms with Crippen LogP contribution in [0.5, 0.6) is 0 Å². The van der Waals surface area contributed by atoms with Gasteiger partial charge in [-0.3, -0.25) is 0 Å². The molecule has 5 unspecified atom stereocenters. The topological polar surface area (TPSA) is 0 Å². The lowest BCUT2D eigenvalue weighted by molar-refractivity contribution is 0.547. The molecular weight excluding hydrogens is 381 g/mol. The Hall–Kier alpha value is -1.05. The van der Waals surface area contributed by atoms with Crippen LogP contribution >= 0.6 is 27.7 Å². The summed E-state index contributed by atoms with van der Waals surface area (Å²) in [6.45, 7) is 0. The van der Waals surface area contributed by atoms with Crippen LogP contribution in [0.3, 0.4) is 0 Å². The minimum absolute atomic E-state index is 0.698. The SMILES string of the molecule is PCc1ccc(-c2ccc(-c3ccc4c(c3)CC(CP)C4CP)cc2)cc1. The molecule has 3 aromatic rings. The Morgan fingerprint density at radius 1 is 0.667 bits per heavy atom. The van der Waals surface area contributed by atoms with Crippen LogP contribution < -0.4 is 0 Å². The highest BCUT2D eigenvalue weighted by molar-refractivity contribution is 7.17. The van der Waals surface area contributed by atoms with Crippen LogP contribution in [-0.2, 0) is 12.6 Å². The predicted octanol–water partition coefficient (Wildman–Crippen LogP) is 6.40. The Morgan fingerprint density at radius 2 is 1.22 bits per heavy atom. The molecule has 0 N–H and O–H groups in total. The molecule has 0 aromatic heterocycles. The lowest BCUT2D eigenvalue weighted by Crippen LogP contribution is -2.10. The minimum Gasteiger partial charge on any atom is -0.137 e. The summed E-state index contributed by atoms with van der Waals surface area (Å²) in [6, 6.07) is 25.0. The first kappa shape index (κ1) is 19.3. The highest BCUT2D eigenvalue weighted by atomic mass is 31.0. The largest absolute Gasteiger partial charge is 0.137 e. The zero-order chi connectivity index (χ0) is 18.8. The van der Waals surface area contributed by atoms with E-state index in [9.17, 15) is 0 Å². The van der Waals surface area contributed by atoms with Crippen molar-refractivity contribution in [2.45, 2.75) is 18.5 Å². The average molecular weight is 408 g/mol. The number of hydrogen-bond acceptors (Lipinski definition) is 0. The highest BCUT2D eigenvalue weighted by Gasteiger charge is 2.30. The van der Waals surface area contributed by atoms with E-state index in [0.29, 0.717) is 5.92 Å². The van der Waals surface area contributed by atoms with Crippen molar-refractivity contribution < 1.29 is 0 Å². The van der Waals surface area contributed by atoms with Gasteiger partial charge < -0.3 is 0 Å². The van der Waals surface area contributed by atoms with E-state index in [1.54, 1.807) is 11.1 Å². The summed E-state index contributed by atoms with van der Waals surface area (Å²) >= 11 is 0. The van der Waals surface area contributed by atoms with Crippen LogP contribution in [-0.4, -0.2) is 12.3 Å². The van der Waals surface area contributed by atoms with E-state index in [1.165, 1.54) is 40.4 Å². The molecule has 0 nitrogen and oxygen atoms in total. The Bertz CT molecular complexity index is 913. The van der Waals surface area contributed by atoms with Gasteiger partial charge in [0.1, 0.15) is 0 Å². The lowest BCUT2D eigenvalue weighted by Gasteiger charge is -2.16. The van der Waals surface area contributed by atoms with Crippen LogP contribution in [0.15, 0.2) is 66.7 Å². The lowest BCUT2D eigenvalue weighted by atomic mass is 9.94. The number of benzene rings is 3. The van der Waals surface area contributed by atoms with Crippen molar-refractivity contribution in [3.05, 3.63) is 83.4 Å². The van der Waals surface area contributed by atoms with Gasteiger partial charge in [-0.15, -0.1) is 27.7 Å². The summed E-state index contributed by atoms with van der Waals surface area (Å²) in [5.74, 6) is 1.47. The Morgan fingerprint density at radius 3 is 1.78 bits per heavy atom. The fraction of sp³-hybridized carbons (Fsp3) is 0.250. The van der Waals surface area contributed by atoms with E-state index in [1.807, 2.05) is 0 Å². The molecule has 0 saturated heterocycles. The fourth-order valence-corrected chi connectivity index (χ4v) is 5.66. The number of hydrogen-bond donors (Lipinski definition) is 0. The minimum atomic E-state index is 0.698. The van der Waals surface area contributed by atoms with Gasteiger partial charge in [0.25, 0.3) is 0 Å².